The van der Waals surface area contributed by atoms with Crippen LogP contribution in [0.1, 0.15) is 42.9 Å². The van der Waals surface area contributed by atoms with E-state index in [9.17, 15) is 4.79 Å². The van der Waals surface area contributed by atoms with E-state index < -0.39 is 0 Å². The topological polar surface area (TPSA) is 57.5 Å². The molecule has 1 aliphatic heterocycles. The number of carbonyl (C=O) groups is 1. The van der Waals surface area contributed by atoms with Crippen LogP contribution in [0.3, 0.4) is 0 Å². The first-order valence-corrected chi connectivity index (χ1v) is 9.00. The number of carbonyl (C=O) groups excluding carboxylic acids is 1. The Labute approximate surface area is 149 Å². The smallest absolute Gasteiger partial charge is 0.315 e. The number of piperidine rings is 1. The van der Waals surface area contributed by atoms with Crippen LogP contribution in [0.2, 0.25) is 0 Å². The number of aryl methyl sites for hydroxylation is 1. The summed E-state index contributed by atoms with van der Waals surface area (Å²) in [6, 6.07) is 14.3. The van der Waals surface area contributed by atoms with Gasteiger partial charge < -0.3 is 15.1 Å². The molecular formula is C20H27N3O2. The Morgan fingerprint density at radius 1 is 1.20 bits per heavy atom. The van der Waals surface area contributed by atoms with Gasteiger partial charge in [0.15, 0.2) is 0 Å². The Morgan fingerprint density at radius 3 is 2.56 bits per heavy atom. The first-order chi connectivity index (χ1) is 12.1. The second-order valence-corrected chi connectivity index (χ2v) is 6.82. The molecular weight excluding hydrogens is 314 g/mol. The van der Waals surface area contributed by atoms with Gasteiger partial charge in [0.05, 0.1) is 6.04 Å². The average molecular weight is 341 g/mol. The molecule has 1 aromatic carbocycles. The summed E-state index contributed by atoms with van der Waals surface area (Å²) < 4.78 is 5.56. The highest BCUT2D eigenvalue weighted by Crippen LogP contribution is 2.16. The molecule has 0 saturated carbocycles. The number of urea groups is 1. The van der Waals surface area contributed by atoms with Gasteiger partial charge in [-0.05, 0) is 44.4 Å². The Bertz CT molecular complexity index is 675. The summed E-state index contributed by atoms with van der Waals surface area (Å²) in [4.78, 5) is 14.6. The van der Waals surface area contributed by atoms with E-state index in [4.69, 9.17) is 4.42 Å². The van der Waals surface area contributed by atoms with Gasteiger partial charge in [0.1, 0.15) is 11.5 Å². The van der Waals surface area contributed by atoms with Crippen molar-refractivity contribution < 1.29 is 9.21 Å². The van der Waals surface area contributed by atoms with E-state index in [2.05, 4.69) is 39.8 Å². The summed E-state index contributed by atoms with van der Waals surface area (Å²) in [5.41, 5.74) is 1.34. The number of amides is 2. The lowest BCUT2D eigenvalue weighted by atomic mass is 10.0. The molecule has 1 fully saturated rings. The van der Waals surface area contributed by atoms with Crippen LogP contribution in [0.25, 0.3) is 0 Å². The van der Waals surface area contributed by atoms with E-state index >= 15 is 0 Å². The number of rotatable bonds is 5. The van der Waals surface area contributed by atoms with Crippen molar-refractivity contribution >= 4 is 6.03 Å². The number of benzene rings is 1. The zero-order valence-corrected chi connectivity index (χ0v) is 15.0. The number of nitrogens with zero attached hydrogens (tertiary/aromatic N) is 1. The maximum Gasteiger partial charge on any atom is 0.315 e. The lowest BCUT2D eigenvalue weighted by Crippen LogP contribution is -2.48. The lowest BCUT2D eigenvalue weighted by Gasteiger charge is -2.32. The number of hydrogen-bond acceptors (Lipinski definition) is 3. The van der Waals surface area contributed by atoms with E-state index in [1.54, 1.807) is 0 Å². The molecule has 2 heterocycles. The van der Waals surface area contributed by atoms with Crippen LogP contribution in [0.4, 0.5) is 4.79 Å². The van der Waals surface area contributed by atoms with Crippen LogP contribution in [0.5, 0.6) is 0 Å². The molecule has 3 rings (SSSR count). The second-order valence-electron chi connectivity index (χ2n) is 6.82. The normalized spacial score (nSPS) is 17.2. The highest BCUT2D eigenvalue weighted by molar-refractivity contribution is 5.74. The van der Waals surface area contributed by atoms with Gasteiger partial charge in [-0.1, -0.05) is 30.3 Å². The predicted octanol–water partition coefficient (Wildman–Crippen LogP) is 3.61. The summed E-state index contributed by atoms with van der Waals surface area (Å²) in [5.74, 6) is 1.64. The Hall–Kier alpha value is -2.27. The Balaban J connectivity index is 1.40. The van der Waals surface area contributed by atoms with E-state index in [0.29, 0.717) is 0 Å². The molecule has 134 valence electrons. The highest BCUT2D eigenvalue weighted by Gasteiger charge is 2.21. The van der Waals surface area contributed by atoms with Gasteiger partial charge in [0.2, 0.25) is 0 Å². The molecule has 1 aromatic heterocycles. The highest BCUT2D eigenvalue weighted by atomic mass is 16.3. The van der Waals surface area contributed by atoms with Crippen molar-refractivity contribution in [3.63, 3.8) is 0 Å². The minimum Gasteiger partial charge on any atom is -0.464 e. The third-order valence-electron chi connectivity index (χ3n) is 4.71. The molecule has 1 atom stereocenters. The van der Waals surface area contributed by atoms with Gasteiger partial charge in [-0.3, -0.25) is 4.90 Å². The molecule has 1 aliphatic rings. The number of hydrogen-bond donors (Lipinski definition) is 2. The molecule has 5 nitrogen and oxygen atoms in total. The van der Waals surface area contributed by atoms with Crippen molar-refractivity contribution in [2.75, 3.05) is 13.1 Å². The third kappa shape index (κ3) is 5.10. The van der Waals surface area contributed by atoms with Gasteiger partial charge in [0, 0.05) is 25.7 Å². The summed E-state index contributed by atoms with van der Waals surface area (Å²) in [6.45, 7) is 6.83. The van der Waals surface area contributed by atoms with Crippen LogP contribution in [0, 0.1) is 6.92 Å². The first-order valence-electron chi connectivity index (χ1n) is 9.00. The summed E-state index contributed by atoms with van der Waals surface area (Å²) >= 11 is 0. The molecule has 1 unspecified atom stereocenters. The van der Waals surface area contributed by atoms with Crippen LogP contribution >= 0.6 is 0 Å². The largest absolute Gasteiger partial charge is 0.464 e. The van der Waals surface area contributed by atoms with Crippen molar-refractivity contribution in [1.29, 1.82) is 0 Å². The van der Waals surface area contributed by atoms with Crippen LogP contribution < -0.4 is 10.6 Å². The maximum atomic E-state index is 12.2. The average Bonchev–Trinajstić information content (AvgIpc) is 3.04. The molecule has 1 saturated heterocycles. The molecule has 0 spiro atoms. The fraction of sp³-hybridized carbons (Fsp3) is 0.450. The summed E-state index contributed by atoms with van der Waals surface area (Å²) in [6.07, 6.45) is 1.96. The zero-order valence-electron chi connectivity index (χ0n) is 15.0. The molecule has 5 heteroatoms. The van der Waals surface area contributed by atoms with Crippen LogP contribution in [0.15, 0.2) is 46.9 Å². The Morgan fingerprint density at radius 2 is 1.92 bits per heavy atom. The molecule has 25 heavy (non-hydrogen) atoms. The molecule has 2 amide bonds. The van der Waals surface area contributed by atoms with Gasteiger partial charge in [-0.2, -0.15) is 0 Å². The van der Waals surface area contributed by atoms with E-state index in [1.807, 2.05) is 32.0 Å². The van der Waals surface area contributed by atoms with Crippen molar-refractivity contribution in [1.82, 2.24) is 15.5 Å². The fourth-order valence-corrected chi connectivity index (χ4v) is 3.26. The van der Waals surface area contributed by atoms with Crippen molar-refractivity contribution in [2.24, 2.45) is 0 Å². The van der Waals surface area contributed by atoms with Gasteiger partial charge in [0.25, 0.3) is 0 Å². The molecule has 0 bridgehead atoms. The minimum atomic E-state index is -0.133. The van der Waals surface area contributed by atoms with Gasteiger partial charge in [-0.25, -0.2) is 4.79 Å². The van der Waals surface area contributed by atoms with E-state index in [0.717, 1.165) is 44.0 Å². The first kappa shape index (κ1) is 17.5. The molecule has 0 aliphatic carbocycles. The number of nitrogens with one attached hydrogen (secondary N) is 2. The quantitative estimate of drug-likeness (QED) is 0.873. The fourth-order valence-electron chi connectivity index (χ4n) is 3.26. The third-order valence-corrected chi connectivity index (χ3v) is 4.71. The van der Waals surface area contributed by atoms with E-state index in [-0.39, 0.29) is 18.1 Å². The standard InChI is InChI=1S/C20H27N3O2/c1-15-8-9-19(25-15)16(2)21-20(24)22-18-10-12-23(13-11-18)14-17-6-4-3-5-7-17/h3-9,16,18H,10-14H2,1-2H3,(H2,21,22,24). The number of likely N-dealkylation sites (tertiary alicyclic amines) is 1. The molecule has 0 radical (unpaired) electrons. The van der Waals surface area contributed by atoms with Crippen LogP contribution in [-0.4, -0.2) is 30.1 Å². The lowest BCUT2D eigenvalue weighted by molar-refractivity contribution is 0.185. The van der Waals surface area contributed by atoms with Crippen molar-refractivity contribution in [3.05, 3.63) is 59.5 Å². The van der Waals surface area contributed by atoms with Crippen LogP contribution in [-0.2, 0) is 6.54 Å². The van der Waals surface area contributed by atoms with Crippen molar-refractivity contribution in [2.45, 2.75) is 45.3 Å². The molecule has 2 N–H and O–H groups in total. The van der Waals surface area contributed by atoms with Gasteiger partial charge in [-0.15, -0.1) is 0 Å². The van der Waals surface area contributed by atoms with Crippen molar-refractivity contribution in [3.8, 4) is 0 Å². The zero-order chi connectivity index (χ0) is 17.6. The summed E-state index contributed by atoms with van der Waals surface area (Å²) in [7, 11) is 0. The van der Waals surface area contributed by atoms with Gasteiger partial charge >= 0.3 is 6.03 Å². The monoisotopic (exact) mass is 341 g/mol. The minimum absolute atomic E-state index is 0.122. The predicted molar refractivity (Wildman–Crippen MR) is 98.3 cm³/mol. The summed E-state index contributed by atoms with van der Waals surface area (Å²) in [5, 5.41) is 6.04. The Kier molecular flexibility index (Phi) is 5.76. The SMILES string of the molecule is Cc1ccc(C(C)NC(=O)NC2CCN(Cc3ccccc3)CC2)o1. The van der Waals surface area contributed by atoms with E-state index in [1.165, 1.54) is 5.56 Å². The number of furan rings is 1. The molecule has 2 aromatic rings. The maximum absolute atomic E-state index is 12.2. The second kappa shape index (κ2) is 8.21.